The molecule has 1 atom stereocenters. The van der Waals surface area contributed by atoms with E-state index >= 15 is 0 Å². The van der Waals surface area contributed by atoms with Crippen LogP contribution >= 0.6 is 0 Å². The van der Waals surface area contributed by atoms with Gasteiger partial charge in [0.25, 0.3) is 0 Å². The first-order chi connectivity index (χ1) is 6.81. The molecular formula is C10H13N3O. The Balaban J connectivity index is 2.26. The molecule has 0 aromatic carbocycles. The van der Waals surface area contributed by atoms with Crippen molar-refractivity contribution in [3.8, 4) is 11.5 Å². The summed E-state index contributed by atoms with van der Waals surface area (Å²) in [6, 6.07) is 3.74. The molecule has 0 fully saturated rings. The number of hydrogen-bond donors (Lipinski definition) is 2. The minimum Gasteiger partial charge on any atom is -0.463 e. The number of H-pyrrole nitrogens is 1. The first kappa shape index (κ1) is 9.02. The predicted octanol–water partition coefficient (Wildman–Crippen LogP) is 1.73. The van der Waals surface area contributed by atoms with Crippen molar-refractivity contribution in [1.82, 2.24) is 9.97 Å². The van der Waals surface area contributed by atoms with Crippen molar-refractivity contribution in [2.75, 3.05) is 6.54 Å². The zero-order chi connectivity index (χ0) is 9.97. The fourth-order valence-electron chi connectivity index (χ4n) is 1.26. The molecule has 74 valence electrons. The van der Waals surface area contributed by atoms with E-state index in [2.05, 4.69) is 9.97 Å². The molecule has 2 rings (SSSR count). The van der Waals surface area contributed by atoms with E-state index in [4.69, 9.17) is 10.2 Å². The van der Waals surface area contributed by atoms with Gasteiger partial charge < -0.3 is 15.1 Å². The van der Waals surface area contributed by atoms with Crippen molar-refractivity contribution in [2.45, 2.75) is 12.8 Å². The van der Waals surface area contributed by atoms with Crippen LogP contribution in [-0.4, -0.2) is 16.5 Å². The predicted molar refractivity (Wildman–Crippen MR) is 53.8 cm³/mol. The molecule has 0 aliphatic rings. The highest BCUT2D eigenvalue weighted by Gasteiger charge is 2.09. The summed E-state index contributed by atoms with van der Waals surface area (Å²) in [4.78, 5) is 7.43. The number of aromatic nitrogens is 2. The summed E-state index contributed by atoms with van der Waals surface area (Å²) in [6.07, 6.45) is 3.41. The molecule has 0 radical (unpaired) electrons. The molecule has 2 aromatic rings. The lowest BCUT2D eigenvalue weighted by Gasteiger charge is -2.02. The van der Waals surface area contributed by atoms with E-state index in [1.54, 1.807) is 12.5 Å². The zero-order valence-corrected chi connectivity index (χ0v) is 8.03. The Hall–Kier alpha value is -1.55. The van der Waals surface area contributed by atoms with Gasteiger partial charge in [-0.3, -0.25) is 0 Å². The Kier molecular flexibility index (Phi) is 2.37. The number of rotatable bonds is 3. The molecule has 3 N–H and O–H groups in total. The summed E-state index contributed by atoms with van der Waals surface area (Å²) >= 11 is 0. The molecule has 0 aliphatic heterocycles. The van der Waals surface area contributed by atoms with Gasteiger partial charge >= 0.3 is 0 Å². The second kappa shape index (κ2) is 3.67. The monoisotopic (exact) mass is 191 g/mol. The Bertz CT molecular complexity index is 391. The Morgan fingerprint density at radius 3 is 3.14 bits per heavy atom. The van der Waals surface area contributed by atoms with E-state index in [0.29, 0.717) is 6.54 Å². The minimum atomic E-state index is 0.249. The van der Waals surface area contributed by atoms with Crippen LogP contribution in [-0.2, 0) is 0 Å². The third-order valence-electron chi connectivity index (χ3n) is 2.20. The third kappa shape index (κ3) is 1.56. The average molecular weight is 191 g/mol. The second-order valence-electron chi connectivity index (χ2n) is 3.30. The van der Waals surface area contributed by atoms with Crippen molar-refractivity contribution >= 4 is 0 Å². The average Bonchev–Trinajstić information content (AvgIpc) is 2.86. The maximum atomic E-state index is 5.55. The van der Waals surface area contributed by atoms with Crippen LogP contribution in [0.25, 0.3) is 11.5 Å². The number of nitrogens with two attached hydrogens (primary N) is 1. The smallest absolute Gasteiger partial charge is 0.151 e. The summed E-state index contributed by atoms with van der Waals surface area (Å²) in [5, 5.41) is 0. The van der Waals surface area contributed by atoms with E-state index in [9.17, 15) is 0 Å². The molecule has 0 spiro atoms. The summed E-state index contributed by atoms with van der Waals surface area (Å²) < 4.78 is 5.24. The van der Waals surface area contributed by atoms with Crippen LogP contribution in [0.3, 0.4) is 0 Å². The second-order valence-corrected chi connectivity index (χ2v) is 3.30. The van der Waals surface area contributed by atoms with Gasteiger partial charge in [0.1, 0.15) is 11.5 Å². The largest absolute Gasteiger partial charge is 0.463 e. The number of furan rings is 1. The molecule has 0 amide bonds. The van der Waals surface area contributed by atoms with Crippen LogP contribution in [0.1, 0.15) is 18.7 Å². The standard InChI is InChI=1S/C10H13N3O/c1-7(5-11)10-12-6-8(13-10)9-3-2-4-14-9/h2-4,6-7H,5,11H2,1H3,(H,12,13). The van der Waals surface area contributed by atoms with Crippen molar-refractivity contribution in [2.24, 2.45) is 5.73 Å². The Morgan fingerprint density at radius 2 is 2.50 bits per heavy atom. The van der Waals surface area contributed by atoms with E-state index < -0.39 is 0 Å². The lowest BCUT2D eigenvalue weighted by Crippen LogP contribution is -2.10. The molecule has 4 nitrogen and oxygen atoms in total. The van der Waals surface area contributed by atoms with Gasteiger partial charge in [-0.15, -0.1) is 0 Å². The van der Waals surface area contributed by atoms with Crippen molar-refractivity contribution < 1.29 is 4.42 Å². The van der Waals surface area contributed by atoms with Crippen molar-refractivity contribution in [3.05, 3.63) is 30.4 Å². The Morgan fingerprint density at radius 1 is 1.64 bits per heavy atom. The SMILES string of the molecule is CC(CN)c1ncc(-c2ccco2)[nH]1. The zero-order valence-electron chi connectivity index (χ0n) is 8.03. The van der Waals surface area contributed by atoms with Gasteiger partial charge in [0.2, 0.25) is 0 Å². The fourth-order valence-corrected chi connectivity index (χ4v) is 1.26. The van der Waals surface area contributed by atoms with Gasteiger partial charge in [-0.25, -0.2) is 4.98 Å². The van der Waals surface area contributed by atoms with E-state index in [1.807, 2.05) is 19.1 Å². The summed E-state index contributed by atoms with van der Waals surface area (Å²) in [7, 11) is 0. The molecule has 2 heterocycles. The summed E-state index contributed by atoms with van der Waals surface area (Å²) in [5.41, 5.74) is 6.44. The summed E-state index contributed by atoms with van der Waals surface area (Å²) in [6.45, 7) is 2.62. The van der Waals surface area contributed by atoms with Gasteiger partial charge in [-0.05, 0) is 12.1 Å². The first-order valence-electron chi connectivity index (χ1n) is 4.60. The van der Waals surface area contributed by atoms with Gasteiger partial charge in [-0.2, -0.15) is 0 Å². The maximum absolute atomic E-state index is 5.55. The number of aromatic amines is 1. The molecule has 0 aliphatic carbocycles. The molecule has 0 bridgehead atoms. The van der Waals surface area contributed by atoms with Gasteiger partial charge in [0, 0.05) is 12.5 Å². The Labute approximate surface area is 82.1 Å². The van der Waals surface area contributed by atoms with E-state index in [-0.39, 0.29) is 5.92 Å². The molecular weight excluding hydrogens is 178 g/mol. The fraction of sp³-hybridized carbons (Fsp3) is 0.300. The lowest BCUT2D eigenvalue weighted by molar-refractivity contribution is 0.580. The van der Waals surface area contributed by atoms with Crippen LogP contribution in [0.15, 0.2) is 29.0 Å². The number of hydrogen-bond acceptors (Lipinski definition) is 3. The van der Waals surface area contributed by atoms with Gasteiger partial charge in [0.15, 0.2) is 5.76 Å². The quantitative estimate of drug-likeness (QED) is 0.776. The topological polar surface area (TPSA) is 67.8 Å². The third-order valence-corrected chi connectivity index (χ3v) is 2.20. The van der Waals surface area contributed by atoms with Gasteiger partial charge in [-0.1, -0.05) is 6.92 Å². The van der Waals surface area contributed by atoms with Crippen LogP contribution < -0.4 is 5.73 Å². The normalized spacial score (nSPS) is 13.0. The molecule has 0 saturated carbocycles. The highest BCUT2D eigenvalue weighted by molar-refractivity contribution is 5.50. The van der Waals surface area contributed by atoms with Crippen LogP contribution in [0, 0.1) is 0 Å². The summed E-state index contributed by atoms with van der Waals surface area (Å²) in [5.74, 6) is 1.95. The first-order valence-corrected chi connectivity index (χ1v) is 4.60. The highest BCUT2D eigenvalue weighted by atomic mass is 16.3. The van der Waals surface area contributed by atoms with E-state index in [1.165, 1.54) is 0 Å². The lowest BCUT2D eigenvalue weighted by atomic mass is 10.2. The van der Waals surface area contributed by atoms with Gasteiger partial charge in [0.05, 0.1) is 12.5 Å². The molecule has 14 heavy (non-hydrogen) atoms. The molecule has 1 unspecified atom stereocenters. The van der Waals surface area contributed by atoms with Crippen LogP contribution in [0.5, 0.6) is 0 Å². The van der Waals surface area contributed by atoms with Crippen LogP contribution in [0.4, 0.5) is 0 Å². The maximum Gasteiger partial charge on any atom is 0.151 e. The molecule has 0 saturated heterocycles. The highest BCUT2D eigenvalue weighted by Crippen LogP contribution is 2.19. The minimum absolute atomic E-state index is 0.249. The van der Waals surface area contributed by atoms with Crippen LogP contribution in [0.2, 0.25) is 0 Å². The molecule has 4 heteroatoms. The van der Waals surface area contributed by atoms with Crippen molar-refractivity contribution in [3.63, 3.8) is 0 Å². The number of nitrogens with zero attached hydrogens (tertiary/aromatic N) is 1. The van der Waals surface area contributed by atoms with Crippen molar-refractivity contribution in [1.29, 1.82) is 0 Å². The molecule has 2 aromatic heterocycles. The number of nitrogens with one attached hydrogen (secondary N) is 1. The van der Waals surface area contributed by atoms with E-state index in [0.717, 1.165) is 17.3 Å². The number of imidazole rings is 1.